The van der Waals surface area contributed by atoms with Gasteiger partial charge in [0.25, 0.3) is 5.76 Å². The van der Waals surface area contributed by atoms with Crippen molar-refractivity contribution in [1.29, 1.82) is 0 Å². The van der Waals surface area contributed by atoms with Gasteiger partial charge in [0.1, 0.15) is 0 Å². The fraction of sp³-hybridized carbons (Fsp3) is 0.100. The number of fused-ring (bicyclic) bond motifs is 1. The lowest BCUT2D eigenvalue weighted by Gasteiger charge is -2.03. The summed E-state index contributed by atoms with van der Waals surface area (Å²) < 4.78 is 27.1. The number of hydrogen-bond donors (Lipinski definition) is 0. The average Bonchev–Trinajstić information content (AvgIpc) is 2.58. The minimum atomic E-state index is -2.55. The zero-order valence-corrected chi connectivity index (χ0v) is 10.3. The second kappa shape index (κ2) is 4.55. The van der Waals surface area contributed by atoms with Gasteiger partial charge in [-0.15, -0.1) is 0 Å². The van der Waals surface area contributed by atoms with Crippen LogP contribution in [0.5, 0.6) is 0 Å². The van der Waals surface area contributed by atoms with Gasteiger partial charge in [-0.1, -0.05) is 0 Å². The molecule has 0 saturated carbocycles. The van der Waals surface area contributed by atoms with E-state index < -0.39 is 5.76 Å². The Bertz CT molecular complexity index is 541. The van der Waals surface area contributed by atoms with E-state index in [-0.39, 0.29) is 10.6 Å². The van der Waals surface area contributed by atoms with E-state index in [9.17, 15) is 13.6 Å². The van der Waals surface area contributed by atoms with Crippen molar-refractivity contribution in [3.63, 3.8) is 0 Å². The number of aromatic nitrogens is 1. The van der Waals surface area contributed by atoms with E-state index in [0.717, 1.165) is 4.47 Å². The third-order valence-electron chi connectivity index (χ3n) is 2.07. The summed E-state index contributed by atoms with van der Waals surface area (Å²) in [6, 6.07) is 5.10. The van der Waals surface area contributed by atoms with Gasteiger partial charge in [-0.25, -0.2) is 0 Å². The largest absolute Gasteiger partial charge is 0.310 e. The van der Waals surface area contributed by atoms with Crippen LogP contribution in [-0.2, 0) is 0 Å². The lowest BCUT2D eigenvalue weighted by atomic mass is 10.3. The molecule has 0 saturated heterocycles. The van der Waals surface area contributed by atoms with Crippen molar-refractivity contribution >= 4 is 39.5 Å². The summed E-state index contributed by atoms with van der Waals surface area (Å²) in [6.45, 7) is 0. The number of thioether (sulfide) groups is 1. The van der Waals surface area contributed by atoms with Crippen LogP contribution in [0.3, 0.4) is 0 Å². The molecule has 2 rings (SSSR count). The number of carbonyl (C=O) groups excluding carboxylic acids is 1. The molecule has 2 heterocycles. The van der Waals surface area contributed by atoms with Crippen molar-refractivity contribution in [3.8, 4) is 0 Å². The zero-order valence-electron chi connectivity index (χ0n) is 7.86. The minimum Gasteiger partial charge on any atom is -0.310 e. The van der Waals surface area contributed by atoms with Crippen LogP contribution in [0.4, 0.5) is 8.78 Å². The number of pyridine rings is 1. The third kappa shape index (κ3) is 1.99. The minimum absolute atomic E-state index is 0.265. The lowest BCUT2D eigenvalue weighted by Crippen LogP contribution is -1.91. The van der Waals surface area contributed by atoms with E-state index in [1.807, 2.05) is 0 Å². The molecule has 2 aromatic rings. The molecular formula is C10H6BrF2NOS. The molecule has 84 valence electrons. The van der Waals surface area contributed by atoms with Crippen LogP contribution >= 0.6 is 27.7 Å². The molecule has 0 unspecified atom stereocenters. The third-order valence-corrected chi connectivity index (χ3v) is 3.57. The van der Waals surface area contributed by atoms with Gasteiger partial charge < -0.3 is 4.40 Å². The van der Waals surface area contributed by atoms with Gasteiger partial charge >= 0.3 is 0 Å². The molecule has 0 aromatic carbocycles. The Balaban J connectivity index is 2.68. The number of rotatable bonds is 3. The Kier molecular flexibility index (Phi) is 3.30. The molecule has 0 fully saturated rings. The SMILES string of the molecule is O=Cc1cc2c(Br)cccn2c1SC(F)F. The van der Waals surface area contributed by atoms with Crippen LogP contribution in [0.15, 0.2) is 33.9 Å². The zero-order chi connectivity index (χ0) is 11.7. The van der Waals surface area contributed by atoms with E-state index in [4.69, 9.17) is 0 Å². The maximum atomic E-state index is 12.4. The van der Waals surface area contributed by atoms with Gasteiger partial charge in [0.05, 0.1) is 10.5 Å². The van der Waals surface area contributed by atoms with Gasteiger partial charge in [-0.3, -0.25) is 4.79 Å². The Morgan fingerprint density at radius 1 is 1.50 bits per heavy atom. The van der Waals surface area contributed by atoms with Gasteiger partial charge in [0, 0.05) is 16.2 Å². The van der Waals surface area contributed by atoms with Crippen LogP contribution in [0.1, 0.15) is 10.4 Å². The van der Waals surface area contributed by atoms with Gasteiger partial charge in [0.15, 0.2) is 6.29 Å². The first-order valence-electron chi connectivity index (χ1n) is 4.33. The van der Waals surface area contributed by atoms with Crippen molar-refractivity contribution < 1.29 is 13.6 Å². The molecule has 0 aliphatic heterocycles. The molecule has 0 amide bonds. The first kappa shape index (κ1) is 11.6. The normalized spacial score (nSPS) is 11.2. The Labute approximate surface area is 103 Å². The smallest absolute Gasteiger partial charge is 0.290 e. The van der Waals surface area contributed by atoms with Crippen molar-refractivity contribution in [1.82, 2.24) is 4.40 Å². The molecule has 0 bridgehead atoms. The second-order valence-corrected chi connectivity index (χ2v) is 4.85. The monoisotopic (exact) mass is 305 g/mol. The Morgan fingerprint density at radius 3 is 2.88 bits per heavy atom. The highest BCUT2D eigenvalue weighted by Crippen LogP contribution is 2.32. The molecule has 6 heteroatoms. The van der Waals surface area contributed by atoms with Crippen LogP contribution in [-0.4, -0.2) is 16.4 Å². The van der Waals surface area contributed by atoms with Crippen LogP contribution in [0.25, 0.3) is 5.52 Å². The summed E-state index contributed by atoms with van der Waals surface area (Å²) in [5, 5.41) is 0.265. The summed E-state index contributed by atoms with van der Waals surface area (Å²) in [4.78, 5) is 10.8. The second-order valence-electron chi connectivity index (χ2n) is 3.01. The van der Waals surface area contributed by atoms with E-state index in [1.54, 1.807) is 28.8 Å². The molecule has 0 aliphatic rings. The number of alkyl halides is 2. The average molecular weight is 306 g/mol. The maximum Gasteiger partial charge on any atom is 0.290 e. The number of carbonyl (C=O) groups is 1. The number of halogens is 3. The van der Waals surface area contributed by atoms with Crippen LogP contribution < -0.4 is 0 Å². The standard InChI is InChI=1S/C10H6BrF2NOS/c11-7-2-1-3-14-8(7)4-6(5-15)9(14)16-10(12)13/h1-5,10H. The highest BCUT2D eigenvalue weighted by molar-refractivity contribution is 9.10. The number of nitrogens with zero attached hydrogens (tertiary/aromatic N) is 1. The molecule has 2 nitrogen and oxygen atoms in total. The topological polar surface area (TPSA) is 21.5 Å². The van der Waals surface area contributed by atoms with Gasteiger partial charge in [-0.05, 0) is 45.9 Å². The van der Waals surface area contributed by atoms with Crippen molar-refractivity contribution in [2.75, 3.05) is 0 Å². The summed E-state index contributed by atoms with van der Waals surface area (Å²) in [6.07, 6.45) is 2.24. The fourth-order valence-electron chi connectivity index (χ4n) is 1.45. The highest BCUT2D eigenvalue weighted by Gasteiger charge is 2.16. The van der Waals surface area contributed by atoms with Crippen LogP contribution in [0, 0.1) is 0 Å². The first-order valence-corrected chi connectivity index (χ1v) is 6.00. The molecule has 0 atom stereocenters. The van der Waals surface area contributed by atoms with E-state index >= 15 is 0 Å². The Hall–Kier alpha value is -0.880. The first-order chi connectivity index (χ1) is 7.63. The molecule has 16 heavy (non-hydrogen) atoms. The van der Waals surface area contributed by atoms with E-state index in [1.165, 1.54) is 0 Å². The van der Waals surface area contributed by atoms with Crippen molar-refractivity contribution in [2.45, 2.75) is 10.8 Å². The summed E-state index contributed by atoms with van der Waals surface area (Å²) in [5.41, 5.74) is 0.977. The molecule has 2 aromatic heterocycles. The molecule has 0 radical (unpaired) electrons. The number of aldehydes is 1. The Morgan fingerprint density at radius 2 is 2.25 bits per heavy atom. The predicted octanol–water partition coefficient (Wildman–Crippen LogP) is 3.83. The van der Waals surface area contributed by atoms with Crippen LogP contribution in [0.2, 0.25) is 0 Å². The number of hydrogen-bond acceptors (Lipinski definition) is 2. The van der Waals surface area contributed by atoms with E-state index in [2.05, 4.69) is 15.9 Å². The van der Waals surface area contributed by atoms with E-state index in [0.29, 0.717) is 23.6 Å². The highest BCUT2D eigenvalue weighted by atomic mass is 79.9. The van der Waals surface area contributed by atoms with Crippen molar-refractivity contribution in [2.24, 2.45) is 0 Å². The molecular weight excluding hydrogens is 300 g/mol. The quantitative estimate of drug-likeness (QED) is 0.635. The summed E-state index contributed by atoms with van der Waals surface area (Å²) in [7, 11) is 0. The van der Waals surface area contributed by atoms with Crippen molar-refractivity contribution in [3.05, 3.63) is 34.4 Å². The van der Waals surface area contributed by atoms with Gasteiger partial charge in [-0.2, -0.15) is 8.78 Å². The summed E-state index contributed by atoms with van der Waals surface area (Å²) >= 11 is 3.68. The fourth-order valence-corrected chi connectivity index (χ4v) is 2.59. The molecule has 0 N–H and O–H groups in total. The molecule has 0 spiro atoms. The lowest BCUT2D eigenvalue weighted by molar-refractivity contribution is 0.112. The predicted molar refractivity (Wildman–Crippen MR) is 62.3 cm³/mol. The van der Waals surface area contributed by atoms with Gasteiger partial charge in [0.2, 0.25) is 0 Å². The molecule has 0 aliphatic carbocycles. The summed E-state index contributed by atoms with van der Waals surface area (Å²) in [5.74, 6) is -2.55. The maximum absolute atomic E-state index is 12.4.